The van der Waals surface area contributed by atoms with Gasteiger partial charge in [-0.2, -0.15) is 0 Å². The van der Waals surface area contributed by atoms with Gasteiger partial charge in [0, 0.05) is 12.8 Å². The molecule has 2 unspecified atom stereocenters. The molecule has 0 aliphatic heterocycles. The second kappa shape index (κ2) is 51.3. The molecule has 0 rings (SSSR count). The lowest BCUT2D eigenvalue weighted by atomic mass is 10.0. The highest BCUT2D eigenvalue weighted by atomic mass is 16.7. The van der Waals surface area contributed by atoms with Crippen LogP contribution in [0.5, 0.6) is 0 Å². The molecule has 0 bridgehead atoms. The maximum atomic E-state index is 12.8. The van der Waals surface area contributed by atoms with Gasteiger partial charge >= 0.3 is 17.9 Å². The first-order valence-corrected chi connectivity index (χ1v) is 27.6. The fourth-order valence-electron chi connectivity index (χ4n) is 7.06. The maximum Gasteiger partial charge on any atom is 0.361 e. The number of carboxylic acid groups (broad SMARTS) is 1. The molecule has 0 aromatic carbocycles. The summed E-state index contributed by atoms with van der Waals surface area (Å²) in [4.78, 5) is 37.0. The lowest BCUT2D eigenvalue weighted by Gasteiger charge is -2.25. The molecule has 0 aliphatic carbocycles. The summed E-state index contributed by atoms with van der Waals surface area (Å²) in [6.45, 7) is 4.67. The highest BCUT2D eigenvalue weighted by Crippen LogP contribution is 2.14. The van der Waals surface area contributed by atoms with Crippen molar-refractivity contribution in [2.45, 2.75) is 212 Å². The molecule has 70 heavy (non-hydrogen) atoms. The van der Waals surface area contributed by atoms with Gasteiger partial charge in [-0.25, -0.2) is 4.79 Å². The Bertz CT molecular complexity index is 1510. The Morgan fingerprint density at radius 1 is 0.443 bits per heavy atom. The third kappa shape index (κ3) is 51.8. The highest BCUT2D eigenvalue weighted by Gasteiger charge is 2.25. The predicted octanol–water partition coefficient (Wildman–Crippen LogP) is 15.9. The van der Waals surface area contributed by atoms with Crippen molar-refractivity contribution >= 4 is 17.9 Å². The Morgan fingerprint density at radius 2 is 0.814 bits per heavy atom. The molecule has 9 heteroatoms. The van der Waals surface area contributed by atoms with Crippen LogP contribution in [-0.4, -0.2) is 87.4 Å². The Hall–Kier alpha value is -4.05. The van der Waals surface area contributed by atoms with Gasteiger partial charge in [0.1, 0.15) is 13.2 Å². The Kier molecular flexibility index (Phi) is 48.3. The van der Waals surface area contributed by atoms with Crippen LogP contribution in [0.3, 0.4) is 0 Å². The van der Waals surface area contributed by atoms with E-state index in [1.165, 1.54) is 57.8 Å². The number of hydrogen-bond donors (Lipinski definition) is 1. The van der Waals surface area contributed by atoms with E-state index in [0.717, 1.165) is 109 Å². The van der Waals surface area contributed by atoms with E-state index in [9.17, 15) is 19.5 Å². The predicted molar refractivity (Wildman–Crippen MR) is 295 cm³/mol. The molecule has 0 saturated heterocycles. The topological polar surface area (TPSA) is 108 Å². The number of nitrogens with zero attached hydrogens (tertiary/aromatic N) is 1. The molecule has 0 spiro atoms. The van der Waals surface area contributed by atoms with Crippen LogP contribution in [0.25, 0.3) is 0 Å². The molecule has 0 fully saturated rings. The lowest BCUT2D eigenvalue weighted by molar-refractivity contribution is -0.870. The second-order valence-electron chi connectivity index (χ2n) is 19.2. The molecule has 0 aromatic heterocycles. The molecule has 0 radical (unpaired) electrons. The van der Waals surface area contributed by atoms with Crippen molar-refractivity contribution in [2.24, 2.45) is 0 Å². The Morgan fingerprint density at radius 3 is 1.21 bits per heavy atom. The number of likely N-dealkylation sites (N-methyl/N-ethyl adjacent to an activating group) is 1. The average molecular weight is 977 g/mol. The van der Waals surface area contributed by atoms with Crippen LogP contribution in [0, 0.1) is 0 Å². The minimum Gasteiger partial charge on any atom is -0.477 e. The molecule has 0 saturated carbocycles. The van der Waals surface area contributed by atoms with Crippen LogP contribution in [0.15, 0.2) is 109 Å². The van der Waals surface area contributed by atoms with Gasteiger partial charge in [-0.15, -0.1) is 0 Å². The zero-order valence-corrected chi connectivity index (χ0v) is 45.1. The highest BCUT2D eigenvalue weighted by molar-refractivity contribution is 5.71. The summed E-state index contributed by atoms with van der Waals surface area (Å²) in [5, 5.41) is 9.62. The smallest absolute Gasteiger partial charge is 0.361 e. The van der Waals surface area contributed by atoms with Gasteiger partial charge in [0.15, 0.2) is 6.10 Å². The number of esters is 2. The number of carbonyl (C=O) groups is 3. The van der Waals surface area contributed by atoms with E-state index in [0.29, 0.717) is 23.9 Å². The third-order valence-corrected chi connectivity index (χ3v) is 11.3. The summed E-state index contributed by atoms with van der Waals surface area (Å²) in [5.41, 5.74) is 0. The normalized spacial score (nSPS) is 13.7. The molecule has 0 aliphatic rings. The molecular weight excluding hydrogens is 875 g/mol. The van der Waals surface area contributed by atoms with Crippen LogP contribution in [0.2, 0.25) is 0 Å². The first-order chi connectivity index (χ1) is 34.1. The van der Waals surface area contributed by atoms with Gasteiger partial charge in [0.25, 0.3) is 6.29 Å². The van der Waals surface area contributed by atoms with Crippen LogP contribution < -0.4 is 0 Å². The van der Waals surface area contributed by atoms with Crippen molar-refractivity contribution in [3.8, 4) is 0 Å². The summed E-state index contributed by atoms with van der Waals surface area (Å²) >= 11 is 0. The summed E-state index contributed by atoms with van der Waals surface area (Å²) in [6, 6.07) is 0. The van der Waals surface area contributed by atoms with E-state index in [-0.39, 0.29) is 32.2 Å². The standard InChI is InChI=1S/C61H101NO8/c1-6-8-10-12-14-15-16-17-18-19-20-21-22-23-24-25-26-27-28-29-30-31-32-33-34-35-36-37-38-39-40-41-42-43-44-45-46-48-50-52-59(64)70-57(55-68-58(63)51-49-47-13-11-9-7-2)56-69-61(60(65)66)67-54-53-62(3,4)5/h8,10,14-15,17-18,20-21,23-24,26-27,29-30,32-33,35-36,57,61H,6-7,9,11-13,16,19,22,25,28,31,34,37-56H2,1-5H3/p+1/b10-8-,15-14-,18-17-,21-20-,24-23-,27-26-,30-29-,33-32-,36-35-. The van der Waals surface area contributed by atoms with Crippen LogP contribution >= 0.6 is 0 Å². The molecule has 2 atom stereocenters. The fraction of sp³-hybridized carbons (Fsp3) is 0.656. The molecule has 9 nitrogen and oxygen atoms in total. The molecule has 1 N–H and O–H groups in total. The molecular formula is C61H102NO8+. The number of unbranched alkanes of at least 4 members (excludes halogenated alkanes) is 16. The number of aliphatic carboxylic acids is 1. The number of carboxylic acids is 1. The van der Waals surface area contributed by atoms with E-state index >= 15 is 0 Å². The average Bonchev–Trinajstić information content (AvgIpc) is 3.33. The quantitative estimate of drug-likeness (QED) is 0.0211. The van der Waals surface area contributed by atoms with Crippen molar-refractivity contribution in [3.63, 3.8) is 0 Å². The van der Waals surface area contributed by atoms with Crippen molar-refractivity contribution < 1.29 is 42.9 Å². The minimum absolute atomic E-state index is 0.184. The summed E-state index contributed by atoms with van der Waals surface area (Å²) in [5.74, 6) is -2.03. The van der Waals surface area contributed by atoms with Crippen molar-refractivity contribution in [1.82, 2.24) is 0 Å². The number of carbonyl (C=O) groups excluding carboxylic acids is 2. The van der Waals surface area contributed by atoms with Crippen molar-refractivity contribution in [2.75, 3.05) is 47.5 Å². The summed E-state index contributed by atoms with van der Waals surface area (Å²) < 4.78 is 22.6. The van der Waals surface area contributed by atoms with Gasteiger partial charge in [-0.05, 0) is 83.5 Å². The third-order valence-electron chi connectivity index (χ3n) is 11.3. The molecule has 398 valence electrons. The Labute approximate surface area is 428 Å². The molecule has 0 aromatic rings. The monoisotopic (exact) mass is 977 g/mol. The van der Waals surface area contributed by atoms with E-state index in [2.05, 4.69) is 123 Å². The molecule has 0 amide bonds. The van der Waals surface area contributed by atoms with E-state index in [1.54, 1.807) is 0 Å². The van der Waals surface area contributed by atoms with E-state index < -0.39 is 24.3 Å². The zero-order chi connectivity index (χ0) is 51.3. The largest absolute Gasteiger partial charge is 0.477 e. The fourth-order valence-corrected chi connectivity index (χ4v) is 7.06. The Balaban J connectivity index is 4.01. The lowest BCUT2D eigenvalue weighted by Crippen LogP contribution is -2.40. The number of ether oxygens (including phenoxy) is 4. The number of quaternary nitrogens is 1. The maximum absolute atomic E-state index is 12.8. The number of hydrogen-bond acceptors (Lipinski definition) is 7. The van der Waals surface area contributed by atoms with Crippen LogP contribution in [0.1, 0.15) is 200 Å². The van der Waals surface area contributed by atoms with Crippen molar-refractivity contribution in [3.05, 3.63) is 109 Å². The van der Waals surface area contributed by atoms with E-state index in [1.807, 2.05) is 21.1 Å². The second-order valence-corrected chi connectivity index (χ2v) is 19.2. The van der Waals surface area contributed by atoms with Crippen molar-refractivity contribution in [1.29, 1.82) is 0 Å². The number of rotatable bonds is 49. The zero-order valence-electron chi connectivity index (χ0n) is 45.1. The van der Waals surface area contributed by atoms with E-state index in [4.69, 9.17) is 18.9 Å². The van der Waals surface area contributed by atoms with Gasteiger partial charge in [-0.3, -0.25) is 9.59 Å². The number of allylic oxidation sites excluding steroid dienone is 18. The van der Waals surface area contributed by atoms with Gasteiger partial charge in [0.2, 0.25) is 0 Å². The van der Waals surface area contributed by atoms with Gasteiger partial charge in [-0.1, -0.05) is 213 Å². The van der Waals surface area contributed by atoms with Crippen LogP contribution in [0.4, 0.5) is 0 Å². The van der Waals surface area contributed by atoms with Crippen LogP contribution in [-0.2, 0) is 33.3 Å². The summed E-state index contributed by atoms with van der Waals surface area (Å²) in [6.07, 6.45) is 67.9. The van der Waals surface area contributed by atoms with Gasteiger partial charge in [0.05, 0.1) is 34.4 Å². The van der Waals surface area contributed by atoms with Gasteiger partial charge < -0.3 is 28.5 Å². The first kappa shape index (κ1) is 66.0. The SMILES string of the molecule is CC/C=C\C/C=C\C/C=C\C/C=C\C/C=C\C/C=C\C/C=C\C/C=C\C/C=C\CCCCCCCCCCCCCC(=O)OC(COC(=O)CCCCCCCC)COC(OCC[N+](C)(C)C)C(=O)O. The minimum atomic E-state index is -1.51. The summed E-state index contributed by atoms with van der Waals surface area (Å²) in [7, 11) is 5.94. The first-order valence-electron chi connectivity index (χ1n) is 27.6. The molecule has 0 heterocycles.